The zero-order chi connectivity index (χ0) is 22.5. The third-order valence-corrected chi connectivity index (χ3v) is 6.73. The summed E-state index contributed by atoms with van der Waals surface area (Å²) in [5.41, 5.74) is -0.161. The first-order valence-electron chi connectivity index (χ1n) is 7.90. The number of anilines is 1. The molecular formula is C16H17I3N2O8. The van der Waals surface area contributed by atoms with Crippen molar-refractivity contribution in [3.8, 4) is 0 Å². The molecule has 0 unspecified atom stereocenters. The molecule has 0 aliphatic rings. The van der Waals surface area contributed by atoms with Crippen molar-refractivity contribution >= 4 is 97.2 Å². The lowest BCUT2D eigenvalue weighted by Crippen LogP contribution is -2.41. The van der Waals surface area contributed by atoms with E-state index in [2.05, 4.69) is 10.6 Å². The number of carboxylic acids is 1. The molecule has 10 nitrogen and oxygen atoms in total. The Labute approximate surface area is 206 Å². The van der Waals surface area contributed by atoms with E-state index in [1.165, 1.54) is 6.92 Å². The van der Waals surface area contributed by atoms with Gasteiger partial charge in [-0.2, -0.15) is 0 Å². The van der Waals surface area contributed by atoms with E-state index in [9.17, 15) is 34.5 Å². The van der Waals surface area contributed by atoms with Gasteiger partial charge in [-0.15, -0.1) is 0 Å². The number of benzene rings is 1. The molecule has 160 valence electrons. The molecule has 29 heavy (non-hydrogen) atoms. The number of carboxylic acid groups (broad SMARTS) is 1. The number of carbonyl (C=O) groups excluding carboxylic acids is 3. The number of aliphatic hydroxyl groups excluding tert-OH is 2. The minimum atomic E-state index is -1.31. The van der Waals surface area contributed by atoms with Gasteiger partial charge in [0.05, 0.1) is 43.2 Å². The van der Waals surface area contributed by atoms with E-state index in [1.807, 2.05) is 0 Å². The standard InChI is InChI=1S/C16H17I3N2O8/c1-5(29-6(2)24)14(25)21-13-11(18)8(15(26)20-7(3-22)4-23)10(17)9(12(13)19)16(27)28/h5,7,22-23H,3-4H2,1-2H3,(H,20,26)(H,21,25)(H,27,28)/t5-/m0/s1. The summed E-state index contributed by atoms with van der Waals surface area (Å²) in [6.07, 6.45) is -1.14. The minimum absolute atomic E-state index is 0.0358. The topological polar surface area (TPSA) is 162 Å². The number of rotatable bonds is 8. The van der Waals surface area contributed by atoms with Gasteiger partial charge in [0.2, 0.25) is 0 Å². The second-order valence-corrected chi connectivity index (χ2v) is 8.88. The van der Waals surface area contributed by atoms with Gasteiger partial charge in [0, 0.05) is 10.5 Å². The minimum Gasteiger partial charge on any atom is -0.478 e. The summed E-state index contributed by atoms with van der Waals surface area (Å²) >= 11 is 5.25. The Kier molecular flexibility index (Phi) is 10.5. The summed E-state index contributed by atoms with van der Waals surface area (Å²) < 4.78 is 5.38. The second-order valence-electron chi connectivity index (χ2n) is 5.65. The highest BCUT2D eigenvalue weighted by Gasteiger charge is 2.30. The number of hydrogen-bond donors (Lipinski definition) is 5. The lowest BCUT2D eigenvalue weighted by Gasteiger charge is -2.21. The fraction of sp³-hybridized carbons (Fsp3) is 0.375. The average Bonchev–Trinajstić information content (AvgIpc) is 2.61. The van der Waals surface area contributed by atoms with Crippen LogP contribution in [0.5, 0.6) is 0 Å². The molecule has 0 aliphatic heterocycles. The molecule has 1 aromatic carbocycles. The predicted molar refractivity (Wildman–Crippen MR) is 127 cm³/mol. The van der Waals surface area contributed by atoms with Crippen molar-refractivity contribution < 1.29 is 39.2 Å². The first-order chi connectivity index (χ1) is 13.5. The lowest BCUT2D eigenvalue weighted by atomic mass is 10.1. The molecule has 0 heterocycles. The van der Waals surface area contributed by atoms with Crippen LogP contribution in [0.4, 0.5) is 5.69 Å². The van der Waals surface area contributed by atoms with Crippen LogP contribution in [0.25, 0.3) is 0 Å². The van der Waals surface area contributed by atoms with Gasteiger partial charge in [-0.1, -0.05) is 0 Å². The maximum absolute atomic E-state index is 12.7. The second kappa shape index (κ2) is 11.6. The molecule has 0 radical (unpaired) electrons. The van der Waals surface area contributed by atoms with E-state index in [0.29, 0.717) is 0 Å². The monoisotopic (exact) mass is 746 g/mol. The molecule has 5 N–H and O–H groups in total. The maximum atomic E-state index is 12.7. The van der Waals surface area contributed by atoms with Crippen molar-refractivity contribution in [2.75, 3.05) is 18.5 Å². The molecular weight excluding hydrogens is 729 g/mol. The highest BCUT2D eigenvalue weighted by atomic mass is 127. The number of carbonyl (C=O) groups is 4. The normalized spacial score (nSPS) is 11.7. The van der Waals surface area contributed by atoms with Gasteiger partial charge in [-0.05, 0) is 74.7 Å². The first kappa shape index (κ1) is 26.2. The van der Waals surface area contributed by atoms with Crippen LogP contribution in [0.3, 0.4) is 0 Å². The summed E-state index contributed by atoms with van der Waals surface area (Å²) in [5.74, 6) is -3.41. The Morgan fingerprint density at radius 3 is 1.97 bits per heavy atom. The molecule has 0 aromatic heterocycles. The zero-order valence-electron chi connectivity index (χ0n) is 15.1. The van der Waals surface area contributed by atoms with E-state index in [0.717, 1.165) is 6.92 Å². The van der Waals surface area contributed by atoms with Crippen LogP contribution in [0, 0.1) is 10.7 Å². The van der Waals surface area contributed by atoms with E-state index in [4.69, 9.17) is 4.74 Å². The molecule has 0 bridgehead atoms. The van der Waals surface area contributed by atoms with Crippen LogP contribution in [-0.4, -0.2) is 64.4 Å². The predicted octanol–water partition coefficient (Wildman–Crippen LogP) is 1.17. The molecule has 0 aliphatic carbocycles. The van der Waals surface area contributed by atoms with Crippen LogP contribution in [0.15, 0.2) is 0 Å². The number of halogens is 3. The van der Waals surface area contributed by atoms with E-state index in [1.54, 1.807) is 67.8 Å². The van der Waals surface area contributed by atoms with Crippen LogP contribution in [0.1, 0.15) is 34.6 Å². The van der Waals surface area contributed by atoms with Gasteiger partial charge in [0.1, 0.15) is 0 Å². The molecule has 0 saturated carbocycles. The van der Waals surface area contributed by atoms with E-state index < -0.39 is 49.1 Å². The Bertz CT molecular complexity index is 842. The van der Waals surface area contributed by atoms with Crippen LogP contribution < -0.4 is 10.6 Å². The quantitative estimate of drug-likeness (QED) is 0.196. The van der Waals surface area contributed by atoms with Crippen molar-refractivity contribution in [3.63, 3.8) is 0 Å². The summed E-state index contributed by atoms with van der Waals surface area (Å²) in [6.45, 7) is 1.46. The molecule has 0 spiro atoms. The Hall–Kier alpha value is -0.790. The summed E-state index contributed by atoms with van der Waals surface area (Å²) in [6, 6.07) is -0.941. The number of esters is 1. The first-order valence-corrected chi connectivity index (χ1v) is 11.1. The summed E-state index contributed by atoms with van der Waals surface area (Å²) in [5, 5.41) is 32.9. The van der Waals surface area contributed by atoms with Crippen molar-refractivity contribution in [3.05, 3.63) is 21.8 Å². The molecule has 1 atom stereocenters. The van der Waals surface area contributed by atoms with Crippen molar-refractivity contribution in [2.45, 2.75) is 26.0 Å². The van der Waals surface area contributed by atoms with E-state index in [-0.39, 0.29) is 27.5 Å². The SMILES string of the molecule is CC(=O)O[C@@H](C)C(=O)Nc1c(I)c(C(=O)O)c(I)c(C(=O)NC(CO)CO)c1I. The Morgan fingerprint density at radius 2 is 1.52 bits per heavy atom. The number of nitrogens with one attached hydrogen (secondary N) is 2. The van der Waals surface area contributed by atoms with Crippen molar-refractivity contribution in [1.29, 1.82) is 0 Å². The molecule has 0 fully saturated rings. The van der Waals surface area contributed by atoms with Gasteiger partial charge < -0.3 is 30.7 Å². The molecule has 1 aromatic rings. The average molecular weight is 746 g/mol. The largest absolute Gasteiger partial charge is 0.478 e. The fourth-order valence-corrected chi connectivity index (χ4v) is 6.48. The van der Waals surface area contributed by atoms with Gasteiger partial charge in [-0.25, -0.2) is 4.79 Å². The fourth-order valence-electron chi connectivity index (χ4n) is 2.09. The molecule has 2 amide bonds. The number of hydrogen-bond acceptors (Lipinski definition) is 7. The highest BCUT2D eigenvalue weighted by molar-refractivity contribution is 14.1. The molecule has 1 rings (SSSR count). The zero-order valence-corrected chi connectivity index (χ0v) is 21.6. The van der Waals surface area contributed by atoms with E-state index >= 15 is 0 Å². The third-order valence-electron chi connectivity index (χ3n) is 3.49. The summed E-state index contributed by atoms with van der Waals surface area (Å²) in [4.78, 5) is 47.9. The molecule has 0 saturated heterocycles. The Balaban J connectivity index is 3.52. The van der Waals surface area contributed by atoms with Crippen LogP contribution in [-0.2, 0) is 14.3 Å². The van der Waals surface area contributed by atoms with Gasteiger partial charge >= 0.3 is 11.9 Å². The third kappa shape index (κ3) is 6.59. The van der Waals surface area contributed by atoms with Crippen molar-refractivity contribution in [2.24, 2.45) is 0 Å². The van der Waals surface area contributed by atoms with Crippen molar-refractivity contribution in [1.82, 2.24) is 5.32 Å². The number of ether oxygens (including phenoxy) is 1. The van der Waals surface area contributed by atoms with Crippen LogP contribution in [0.2, 0.25) is 0 Å². The number of amides is 2. The lowest BCUT2D eigenvalue weighted by molar-refractivity contribution is -0.150. The van der Waals surface area contributed by atoms with Crippen LogP contribution >= 0.6 is 67.8 Å². The summed E-state index contributed by atoms with van der Waals surface area (Å²) in [7, 11) is 0. The number of aliphatic hydroxyl groups is 2. The van der Waals surface area contributed by atoms with Gasteiger partial charge in [-0.3, -0.25) is 14.4 Å². The van der Waals surface area contributed by atoms with Gasteiger partial charge in [0.15, 0.2) is 6.10 Å². The number of aromatic carboxylic acids is 1. The molecule has 13 heteroatoms. The highest BCUT2D eigenvalue weighted by Crippen LogP contribution is 2.36. The Morgan fingerprint density at radius 1 is 1.00 bits per heavy atom. The smallest absolute Gasteiger partial charge is 0.337 e. The van der Waals surface area contributed by atoms with Gasteiger partial charge in [0.25, 0.3) is 11.8 Å². The maximum Gasteiger partial charge on any atom is 0.337 e.